The number of methoxy groups -OCH3 is 1. The quantitative estimate of drug-likeness (QED) is 0.905. The fourth-order valence-electron chi connectivity index (χ4n) is 1.55. The molecule has 5 nitrogen and oxygen atoms in total. The smallest absolute Gasteiger partial charge is 0.259 e. The van der Waals surface area contributed by atoms with Crippen LogP contribution < -0.4 is 10.1 Å². The van der Waals surface area contributed by atoms with Gasteiger partial charge in [-0.1, -0.05) is 11.6 Å². The van der Waals surface area contributed by atoms with Gasteiger partial charge in [-0.15, -0.1) is 0 Å². The van der Waals surface area contributed by atoms with Crippen molar-refractivity contribution in [3.8, 4) is 11.5 Å². The summed E-state index contributed by atoms with van der Waals surface area (Å²) in [5, 5.41) is 12.7. The van der Waals surface area contributed by atoms with Crippen LogP contribution in [0.3, 0.4) is 0 Å². The van der Waals surface area contributed by atoms with E-state index in [1.54, 1.807) is 18.2 Å². The second-order valence-corrected chi connectivity index (χ2v) is 4.13. The lowest BCUT2D eigenvalue weighted by atomic mass is 10.2. The lowest BCUT2D eigenvalue weighted by Gasteiger charge is -2.11. The molecule has 1 aromatic heterocycles. The van der Waals surface area contributed by atoms with Crippen molar-refractivity contribution in [1.82, 2.24) is 4.98 Å². The number of rotatable bonds is 3. The van der Waals surface area contributed by atoms with Gasteiger partial charge >= 0.3 is 0 Å². The monoisotopic (exact) mass is 278 g/mol. The maximum atomic E-state index is 12.0. The molecular weight excluding hydrogens is 268 g/mol. The zero-order valence-corrected chi connectivity index (χ0v) is 10.8. The van der Waals surface area contributed by atoms with Crippen LogP contribution in [0.5, 0.6) is 11.5 Å². The molecule has 2 rings (SSSR count). The third-order valence-electron chi connectivity index (χ3n) is 2.45. The second-order valence-electron chi connectivity index (χ2n) is 3.69. The highest BCUT2D eigenvalue weighted by Crippen LogP contribution is 2.28. The minimum absolute atomic E-state index is 0.122. The molecule has 0 bridgehead atoms. The Kier molecular flexibility index (Phi) is 3.87. The Bertz CT molecular complexity index is 617. The Morgan fingerprint density at radius 1 is 1.42 bits per heavy atom. The highest BCUT2D eigenvalue weighted by atomic mass is 35.5. The molecule has 2 N–H and O–H groups in total. The van der Waals surface area contributed by atoms with E-state index in [-0.39, 0.29) is 11.3 Å². The molecule has 0 aliphatic carbocycles. The van der Waals surface area contributed by atoms with Gasteiger partial charge in [-0.3, -0.25) is 9.78 Å². The van der Waals surface area contributed by atoms with Gasteiger partial charge in [0.05, 0.1) is 24.6 Å². The Labute approximate surface area is 114 Å². The van der Waals surface area contributed by atoms with E-state index in [2.05, 4.69) is 10.3 Å². The van der Waals surface area contributed by atoms with E-state index in [4.69, 9.17) is 16.3 Å². The van der Waals surface area contributed by atoms with Crippen LogP contribution in [-0.4, -0.2) is 23.1 Å². The molecule has 19 heavy (non-hydrogen) atoms. The van der Waals surface area contributed by atoms with E-state index in [9.17, 15) is 9.90 Å². The summed E-state index contributed by atoms with van der Waals surface area (Å²) < 4.78 is 5.12. The maximum Gasteiger partial charge on any atom is 0.259 e. The molecule has 1 aromatic carbocycles. The van der Waals surface area contributed by atoms with Crippen molar-refractivity contribution in [2.45, 2.75) is 0 Å². The Morgan fingerprint density at radius 2 is 2.21 bits per heavy atom. The van der Waals surface area contributed by atoms with E-state index >= 15 is 0 Å². The predicted molar refractivity (Wildman–Crippen MR) is 71.9 cm³/mol. The summed E-state index contributed by atoms with van der Waals surface area (Å²) in [5.41, 5.74) is 0.549. The summed E-state index contributed by atoms with van der Waals surface area (Å²) in [4.78, 5) is 15.7. The summed E-state index contributed by atoms with van der Waals surface area (Å²) in [7, 11) is 1.49. The number of benzene rings is 1. The van der Waals surface area contributed by atoms with Crippen molar-refractivity contribution in [2.75, 3.05) is 12.4 Å². The largest absolute Gasteiger partial charge is 0.505 e. The fraction of sp³-hybridized carbons (Fsp3) is 0.0769. The molecular formula is C13H11ClN2O3. The molecule has 0 aliphatic rings. The first-order valence-corrected chi connectivity index (χ1v) is 5.77. The number of amides is 1. The van der Waals surface area contributed by atoms with Crippen LogP contribution >= 0.6 is 11.6 Å². The third-order valence-corrected chi connectivity index (χ3v) is 2.69. The van der Waals surface area contributed by atoms with Gasteiger partial charge in [0.25, 0.3) is 5.91 Å². The fourth-order valence-corrected chi connectivity index (χ4v) is 1.72. The predicted octanol–water partition coefficient (Wildman–Crippen LogP) is 2.70. The number of halogens is 1. The zero-order valence-electron chi connectivity index (χ0n) is 10.1. The summed E-state index contributed by atoms with van der Waals surface area (Å²) in [6.07, 6.45) is 2.62. The summed E-state index contributed by atoms with van der Waals surface area (Å²) in [5.74, 6) is -0.187. The number of ether oxygens (including phenoxy) is 1. The molecule has 0 atom stereocenters. The van der Waals surface area contributed by atoms with Crippen molar-refractivity contribution in [3.63, 3.8) is 0 Å². The van der Waals surface area contributed by atoms with E-state index in [1.807, 2.05) is 0 Å². The number of hydrogen-bond acceptors (Lipinski definition) is 4. The molecule has 0 saturated heterocycles. The van der Waals surface area contributed by atoms with Crippen molar-refractivity contribution in [2.24, 2.45) is 0 Å². The molecule has 0 radical (unpaired) electrons. The van der Waals surface area contributed by atoms with Crippen molar-refractivity contribution >= 4 is 23.2 Å². The van der Waals surface area contributed by atoms with E-state index in [0.717, 1.165) is 0 Å². The third kappa shape index (κ3) is 2.95. The maximum absolute atomic E-state index is 12.0. The number of carbonyl (C=O) groups excluding carboxylic acids is 1. The van der Waals surface area contributed by atoms with Gasteiger partial charge in [-0.25, -0.2) is 0 Å². The normalized spacial score (nSPS) is 10.0. The van der Waals surface area contributed by atoms with Crippen LogP contribution in [0.2, 0.25) is 5.02 Å². The lowest BCUT2D eigenvalue weighted by molar-refractivity contribution is 0.102. The summed E-state index contributed by atoms with van der Waals surface area (Å²) in [6, 6.07) is 6.28. The molecule has 98 valence electrons. The Morgan fingerprint density at radius 3 is 2.89 bits per heavy atom. The van der Waals surface area contributed by atoms with Crippen LogP contribution in [0.1, 0.15) is 10.4 Å². The molecule has 0 saturated carbocycles. The van der Waals surface area contributed by atoms with Crippen LogP contribution in [0.25, 0.3) is 0 Å². The average Bonchev–Trinajstić information content (AvgIpc) is 2.39. The molecule has 6 heteroatoms. The van der Waals surface area contributed by atoms with Crippen LogP contribution in [-0.2, 0) is 0 Å². The highest BCUT2D eigenvalue weighted by Gasteiger charge is 2.13. The first kappa shape index (κ1) is 13.2. The van der Waals surface area contributed by atoms with Crippen molar-refractivity contribution in [1.29, 1.82) is 0 Å². The van der Waals surface area contributed by atoms with Crippen molar-refractivity contribution in [3.05, 3.63) is 47.2 Å². The molecule has 1 amide bonds. The van der Waals surface area contributed by atoms with Gasteiger partial charge in [0.1, 0.15) is 11.5 Å². The number of aromatic hydroxyl groups is 1. The molecule has 0 aliphatic heterocycles. The molecule has 0 fully saturated rings. The zero-order chi connectivity index (χ0) is 13.8. The minimum atomic E-state index is -0.472. The molecule has 0 spiro atoms. The number of pyridine rings is 1. The number of nitrogens with one attached hydrogen (secondary N) is 1. The Balaban J connectivity index is 2.29. The van der Waals surface area contributed by atoms with Gasteiger partial charge in [0.2, 0.25) is 0 Å². The van der Waals surface area contributed by atoms with E-state index in [1.165, 1.54) is 25.6 Å². The highest BCUT2D eigenvalue weighted by molar-refractivity contribution is 6.31. The van der Waals surface area contributed by atoms with Gasteiger partial charge < -0.3 is 15.2 Å². The summed E-state index contributed by atoms with van der Waals surface area (Å²) >= 11 is 5.87. The number of aromatic nitrogens is 1. The van der Waals surface area contributed by atoms with Crippen LogP contribution in [0.4, 0.5) is 5.69 Å². The van der Waals surface area contributed by atoms with E-state index < -0.39 is 5.91 Å². The number of carbonyl (C=O) groups is 1. The first-order chi connectivity index (χ1) is 9.11. The second kappa shape index (κ2) is 5.58. The number of hydrogen-bond donors (Lipinski definition) is 2. The number of anilines is 1. The van der Waals surface area contributed by atoms with Gasteiger partial charge in [-0.2, -0.15) is 0 Å². The summed E-state index contributed by atoms with van der Waals surface area (Å²) in [6.45, 7) is 0. The van der Waals surface area contributed by atoms with E-state index in [0.29, 0.717) is 16.5 Å². The number of nitrogens with zero attached hydrogens (tertiary/aromatic N) is 1. The topological polar surface area (TPSA) is 71.5 Å². The molecule has 0 unspecified atom stereocenters. The molecule has 1 heterocycles. The van der Waals surface area contributed by atoms with Gasteiger partial charge in [-0.05, 0) is 24.3 Å². The first-order valence-electron chi connectivity index (χ1n) is 5.39. The van der Waals surface area contributed by atoms with Crippen LogP contribution in [0, 0.1) is 0 Å². The standard InChI is InChI=1S/C13H11ClN2O3/c1-19-12-3-2-8(14)6-10(12)16-13(18)9-4-5-15-7-11(9)17/h2-7,17H,1H3,(H,16,18). The van der Waals surface area contributed by atoms with Gasteiger partial charge in [0, 0.05) is 11.2 Å². The molecule has 2 aromatic rings. The average molecular weight is 279 g/mol. The van der Waals surface area contributed by atoms with Gasteiger partial charge in [0.15, 0.2) is 0 Å². The SMILES string of the molecule is COc1ccc(Cl)cc1NC(=O)c1ccncc1O. The lowest BCUT2D eigenvalue weighted by Crippen LogP contribution is -2.13. The van der Waals surface area contributed by atoms with Crippen molar-refractivity contribution < 1.29 is 14.6 Å². The van der Waals surface area contributed by atoms with Crippen LogP contribution in [0.15, 0.2) is 36.7 Å². The minimum Gasteiger partial charge on any atom is -0.505 e. The Hall–Kier alpha value is -2.27.